The number of amides is 2. The molecular weight excluding hydrogens is 368 g/mol. The zero-order chi connectivity index (χ0) is 20.5. The van der Waals surface area contributed by atoms with Crippen molar-refractivity contribution in [1.29, 1.82) is 0 Å². The lowest BCUT2D eigenvalue weighted by Crippen LogP contribution is -2.57. The summed E-state index contributed by atoms with van der Waals surface area (Å²) in [7, 11) is 0. The van der Waals surface area contributed by atoms with Crippen LogP contribution in [0.4, 0.5) is 10.5 Å². The largest absolute Gasteiger partial charge is 0.487 e. The summed E-state index contributed by atoms with van der Waals surface area (Å²) >= 11 is 0. The molecule has 1 fully saturated rings. The number of benzene rings is 1. The number of ether oxygens (including phenoxy) is 2. The second kappa shape index (κ2) is 10.2. The lowest BCUT2D eigenvalue weighted by atomic mass is 9.95. The van der Waals surface area contributed by atoms with E-state index in [0.29, 0.717) is 24.6 Å². The smallest absolute Gasteiger partial charge is 0.319 e. The van der Waals surface area contributed by atoms with Gasteiger partial charge in [0.05, 0.1) is 18.9 Å². The summed E-state index contributed by atoms with van der Waals surface area (Å²) < 4.78 is 11.2. The van der Waals surface area contributed by atoms with Crippen molar-refractivity contribution >= 4 is 11.7 Å². The lowest BCUT2D eigenvalue weighted by Gasteiger charge is -2.43. The first-order valence-electron chi connectivity index (χ1n) is 10.1. The Morgan fingerprint density at radius 3 is 2.79 bits per heavy atom. The van der Waals surface area contributed by atoms with Crippen molar-refractivity contribution in [3.8, 4) is 5.75 Å². The Morgan fingerprint density at radius 1 is 1.24 bits per heavy atom. The molecule has 156 valence electrons. The zero-order valence-corrected chi connectivity index (χ0v) is 17.2. The number of pyridine rings is 1. The van der Waals surface area contributed by atoms with E-state index in [0.717, 1.165) is 38.4 Å². The fourth-order valence-corrected chi connectivity index (χ4v) is 3.31. The quantitative estimate of drug-likeness (QED) is 0.714. The molecule has 0 radical (unpaired) electrons. The molecule has 0 saturated carbocycles. The van der Waals surface area contributed by atoms with Crippen molar-refractivity contribution < 1.29 is 14.3 Å². The third-order valence-electron chi connectivity index (χ3n) is 5.37. The first kappa shape index (κ1) is 21.1. The lowest BCUT2D eigenvalue weighted by molar-refractivity contribution is -0.0163. The van der Waals surface area contributed by atoms with Gasteiger partial charge in [0.25, 0.3) is 0 Å². The van der Waals surface area contributed by atoms with Crippen molar-refractivity contribution in [3.63, 3.8) is 0 Å². The van der Waals surface area contributed by atoms with E-state index in [-0.39, 0.29) is 11.6 Å². The molecule has 1 aromatic heterocycles. The van der Waals surface area contributed by atoms with Gasteiger partial charge in [0.2, 0.25) is 0 Å². The minimum Gasteiger partial charge on any atom is -0.487 e. The number of carbonyl (C=O) groups excluding carboxylic acids is 1. The number of hydrogen-bond acceptors (Lipinski definition) is 5. The molecule has 2 amide bonds. The highest BCUT2D eigenvalue weighted by Gasteiger charge is 2.31. The van der Waals surface area contributed by atoms with Crippen LogP contribution in [0.25, 0.3) is 0 Å². The van der Waals surface area contributed by atoms with E-state index in [9.17, 15) is 4.79 Å². The molecule has 0 bridgehead atoms. The van der Waals surface area contributed by atoms with Gasteiger partial charge >= 0.3 is 6.03 Å². The standard InChI is InChI=1S/C22H30N4O3/c1-3-22(2,26-11-13-28-14-12-26)17-24-21(27)25-18-8-6-9-20(15-18)29-16-19-7-4-5-10-23-19/h4-10,15H,3,11-14,16-17H2,1-2H3,(H2,24,25,27)/t22-/m0/s1. The van der Waals surface area contributed by atoms with Gasteiger partial charge in [-0.05, 0) is 37.6 Å². The number of urea groups is 1. The summed E-state index contributed by atoms with van der Waals surface area (Å²) in [5.74, 6) is 0.681. The third-order valence-corrected chi connectivity index (χ3v) is 5.37. The van der Waals surface area contributed by atoms with Crippen LogP contribution < -0.4 is 15.4 Å². The zero-order valence-electron chi connectivity index (χ0n) is 17.2. The normalized spacial score (nSPS) is 16.6. The van der Waals surface area contributed by atoms with E-state index in [1.165, 1.54) is 0 Å². The molecule has 2 N–H and O–H groups in total. The number of nitrogens with one attached hydrogen (secondary N) is 2. The van der Waals surface area contributed by atoms with Crippen LogP contribution in [0, 0.1) is 0 Å². The predicted molar refractivity (Wildman–Crippen MR) is 113 cm³/mol. The Balaban J connectivity index is 1.50. The summed E-state index contributed by atoms with van der Waals surface area (Å²) in [6.07, 6.45) is 2.69. The molecule has 3 rings (SSSR count). The van der Waals surface area contributed by atoms with Crippen molar-refractivity contribution in [2.75, 3.05) is 38.2 Å². The van der Waals surface area contributed by atoms with E-state index in [4.69, 9.17) is 9.47 Å². The van der Waals surface area contributed by atoms with Crippen LogP contribution in [0.5, 0.6) is 5.75 Å². The molecule has 7 nitrogen and oxygen atoms in total. The summed E-state index contributed by atoms with van der Waals surface area (Å²) in [6, 6.07) is 12.8. The van der Waals surface area contributed by atoms with E-state index in [1.54, 1.807) is 6.20 Å². The second-order valence-electron chi connectivity index (χ2n) is 7.40. The highest BCUT2D eigenvalue weighted by Crippen LogP contribution is 2.21. The first-order chi connectivity index (χ1) is 14.1. The Morgan fingerprint density at radius 2 is 2.07 bits per heavy atom. The van der Waals surface area contributed by atoms with E-state index < -0.39 is 0 Å². The third kappa shape index (κ3) is 6.17. The average molecular weight is 399 g/mol. The van der Waals surface area contributed by atoms with Gasteiger partial charge in [0, 0.05) is 43.1 Å². The molecule has 0 aliphatic carbocycles. The minimum atomic E-state index is -0.222. The number of aromatic nitrogens is 1. The number of anilines is 1. The molecule has 1 aliphatic rings. The summed E-state index contributed by atoms with van der Waals surface area (Å²) in [4.78, 5) is 19.1. The molecular formula is C22H30N4O3. The number of morpholine rings is 1. The topological polar surface area (TPSA) is 75.7 Å². The summed E-state index contributed by atoms with van der Waals surface area (Å²) in [5, 5.41) is 5.91. The van der Waals surface area contributed by atoms with Gasteiger partial charge in [-0.3, -0.25) is 9.88 Å². The molecule has 1 atom stereocenters. The molecule has 1 saturated heterocycles. The number of carbonyl (C=O) groups is 1. The van der Waals surface area contributed by atoms with Gasteiger partial charge < -0.3 is 20.1 Å². The van der Waals surface area contributed by atoms with E-state index in [1.807, 2.05) is 42.5 Å². The molecule has 0 spiro atoms. The van der Waals surface area contributed by atoms with Gasteiger partial charge in [-0.15, -0.1) is 0 Å². The Labute approximate surface area is 172 Å². The van der Waals surface area contributed by atoms with Gasteiger partial charge in [-0.25, -0.2) is 4.79 Å². The molecule has 0 unspecified atom stereocenters. The fraction of sp³-hybridized carbons (Fsp3) is 0.455. The number of hydrogen-bond donors (Lipinski definition) is 2. The van der Waals surface area contributed by atoms with Gasteiger partial charge in [0.15, 0.2) is 0 Å². The highest BCUT2D eigenvalue weighted by molar-refractivity contribution is 5.89. The second-order valence-corrected chi connectivity index (χ2v) is 7.40. The summed E-state index contributed by atoms with van der Waals surface area (Å²) in [6.45, 7) is 8.56. The Kier molecular flexibility index (Phi) is 7.43. The molecule has 29 heavy (non-hydrogen) atoms. The predicted octanol–water partition coefficient (Wildman–Crippen LogP) is 3.28. The average Bonchev–Trinajstić information content (AvgIpc) is 2.78. The monoisotopic (exact) mass is 398 g/mol. The van der Waals surface area contributed by atoms with Crippen LogP contribution in [-0.4, -0.2) is 54.3 Å². The van der Waals surface area contributed by atoms with Crippen LogP contribution in [0.15, 0.2) is 48.7 Å². The van der Waals surface area contributed by atoms with Crippen molar-refractivity contribution in [1.82, 2.24) is 15.2 Å². The molecule has 2 aromatic rings. The van der Waals surface area contributed by atoms with Crippen LogP contribution >= 0.6 is 0 Å². The van der Waals surface area contributed by atoms with Crippen LogP contribution in [0.1, 0.15) is 26.0 Å². The molecule has 2 heterocycles. The van der Waals surface area contributed by atoms with Gasteiger partial charge in [-0.1, -0.05) is 19.1 Å². The van der Waals surface area contributed by atoms with Crippen molar-refractivity contribution in [2.24, 2.45) is 0 Å². The van der Waals surface area contributed by atoms with Crippen molar-refractivity contribution in [2.45, 2.75) is 32.4 Å². The highest BCUT2D eigenvalue weighted by atomic mass is 16.5. The first-order valence-corrected chi connectivity index (χ1v) is 10.1. The van der Waals surface area contributed by atoms with Crippen LogP contribution in [0.3, 0.4) is 0 Å². The molecule has 1 aliphatic heterocycles. The van der Waals surface area contributed by atoms with Crippen molar-refractivity contribution in [3.05, 3.63) is 54.4 Å². The summed E-state index contributed by atoms with van der Waals surface area (Å²) in [5.41, 5.74) is 1.45. The maximum atomic E-state index is 12.4. The Bertz CT molecular complexity index is 781. The maximum Gasteiger partial charge on any atom is 0.319 e. The van der Waals surface area contributed by atoms with Gasteiger partial charge in [-0.2, -0.15) is 0 Å². The van der Waals surface area contributed by atoms with Crippen LogP contribution in [-0.2, 0) is 11.3 Å². The van der Waals surface area contributed by atoms with Crippen LogP contribution in [0.2, 0.25) is 0 Å². The fourth-order valence-electron chi connectivity index (χ4n) is 3.31. The van der Waals surface area contributed by atoms with Gasteiger partial charge in [0.1, 0.15) is 12.4 Å². The van der Waals surface area contributed by atoms with E-state index >= 15 is 0 Å². The maximum absolute atomic E-state index is 12.4. The number of rotatable bonds is 8. The number of nitrogens with zero attached hydrogens (tertiary/aromatic N) is 2. The molecule has 7 heteroatoms. The molecule has 1 aromatic carbocycles. The minimum absolute atomic E-state index is 0.0885. The SMILES string of the molecule is CC[C@@](C)(CNC(=O)Nc1cccc(OCc2ccccn2)c1)N1CCOCC1. The Hall–Kier alpha value is -2.64. The van der Waals surface area contributed by atoms with E-state index in [2.05, 4.69) is 34.4 Å².